The molecule has 0 saturated heterocycles. The zero-order valence-corrected chi connectivity index (χ0v) is 15.0. The average molecular weight is 357 g/mol. The topological polar surface area (TPSA) is 84.9 Å². The first-order valence-electron chi connectivity index (χ1n) is 8.29. The molecule has 0 saturated carbocycles. The minimum atomic E-state index is -0.911. The van der Waals surface area contributed by atoms with Crippen LogP contribution in [0.4, 0.5) is 0 Å². The predicted octanol–water partition coefficient (Wildman–Crippen LogP) is 2.23. The lowest BCUT2D eigenvalue weighted by Crippen LogP contribution is -2.27. The van der Waals surface area contributed by atoms with Gasteiger partial charge in [0.2, 0.25) is 5.91 Å². The first-order chi connectivity index (χ1) is 12.5. The smallest absolute Gasteiger partial charge is 0.307 e. The molecule has 2 aromatic carbocycles. The summed E-state index contributed by atoms with van der Waals surface area (Å²) in [5.74, 6) is 0.267. The maximum atomic E-state index is 12.2. The number of carboxylic acids is 1. The normalized spacial score (nSPS) is 10.2. The molecule has 0 atom stereocenters. The molecule has 0 heterocycles. The maximum Gasteiger partial charge on any atom is 0.307 e. The van der Waals surface area contributed by atoms with Crippen LogP contribution in [0.1, 0.15) is 16.7 Å². The summed E-state index contributed by atoms with van der Waals surface area (Å²) in [6.45, 7) is 0.482. The molecule has 0 radical (unpaired) electrons. The monoisotopic (exact) mass is 357 g/mol. The second-order valence-corrected chi connectivity index (χ2v) is 5.81. The van der Waals surface area contributed by atoms with Crippen molar-refractivity contribution in [2.45, 2.75) is 19.3 Å². The molecule has 0 aromatic heterocycles. The number of benzene rings is 2. The number of rotatable bonds is 9. The maximum absolute atomic E-state index is 12.2. The Bertz CT molecular complexity index is 773. The first-order valence-corrected chi connectivity index (χ1v) is 8.29. The number of methoxy groups -OCH3 is 2. The summed E-state index contributed by atoms with van der Waals surface area (Å²) in [7, 11) is 3.16. The summed E-state index contributed by atoms with van der Waals surface area (Å²) >= 11 is 0. The van der Waals surface area contributed by atoms with E-state index in [-0.39, 0.29) is 18.7 Å². The van der Waals surface area contributed by atoms with E-state index in [1.807, 2.05) is 18.2 Å². The fourth-order valence-corrected chi connectivity index (χ4v) is 2.68. The number of nitrogens with one attached hydrogen (secondary N) is 1. The average Bonchev–Trinajstić information content (AvgIpc) is 2.62. The van der Waals surface area contributed by atoms with E-state index in [9.17, 15) is 9.59 Å². The fraction of sp³-hybridized carbons (Fsp3) is 0.300. The lowest BCUT2D eigenvalue weighted by atomic mass is 10.0. The van der Waals surface area contributed by atoms with E-state index in [4.69, 9.17) is 14.6 Å². The van der Waals surface area contributed by atoms with E-state index >= 15 is 0 Å². The van der Waals surface area contributed by atoms with Crippen LogP contribution < -0.4 is 14.8 Å². The van der Waals surface area contributed by atoms with Crippen molar-refractivity contribution in [2.24, 2.45) is 0 Å². The van der Waals surface area contributed by atoms with Gasteiger partial charge in [-0.15, -0.1) is 0 Å². The highest BCUT2D eigenvalue weighted by atomic mass is 16.5. The third-order valence-corrected chi connectivity index (χ3v) is 3.99. The number of hydrogen-bond donors (Lipinski definition) is 2. The van der Waals surface area contributed by atoms with Gasteiger partial charge in [0.1, 0.15) is 0 Å². The molecule has 0 aliphatic heterocycles. The molecule has 138 valence electrons. The van der Waals surface area contributed by atoms with Gasteiger partial charge in [-0.1, -0.05) is 30.3 Å². The minimum Gasteiger partial charge on any atom is -0.493 e. The van der Waals surface area contributed by atoms with Gasteiger partial charge in [0.05, 0.1) is 27.1 Å². The van der Waals surface area contributed by atoms with Gasteiger partial charge in [-0.25, -0.2) is 0 Å². The van der Waals surface area contributed by atoms with Crippen molar-refractivity contribution in [2.75, 3.05) is 20.8 Å². The molecule has 0 bridgehead atoms. The van der Waals surface area contributed by atoms with Gasteiger partial charge < -0.3 is 19.9 Å². The lowest BCUT2D eigenvalue weighted by Gasteiger charge is -2.11. The third-order valence-electron chi connectivity index (χ3n) is 3.99. The molecule has 0 unspecified atom stereocenters. The van der Waals surface area contributed by atoms with Gasteiger partial charge in [0, 0.05) is 6.54 Å². The Morgan fingerprint density at radius 2 is 1.62 bits per heavy atom. The molecule has 1 amide bonds. The molecule has 0 spiro atoms. The highest BCUT2D eigenvalue weighted by Crippen LogP contribution is 2.27. The van der Waals surface area contributed by atoms with Crippen LogP contribution in [-0.2, 0) is 28.9 Å². The Morgan fingerprint density at radius 3 is 2.23 bits per heavy atom. The molecule has 0 fully saturated rings. The van der Waals surface area contributed by atoms with Gasteiger partial charge in [-0.3, -0.25) is 9.59 Å². The van der Waals surface area contributed by atoms with Crippen molar-refractivity contribution in [3.05, 3.63) is 59.2 Å². The Kier molecular flexibility index (Phi) is 7.02. The molecular formula is C20H23NO5. The Morgan fingerprint density at radius 1 is 0.962 bits per heavy atom. The van der Waals surface area contributed by atoms with Gasteiger partial charge in [0.15, 0.2) is 11.5 Å². The zero-order valence-electron chi connectivity index (χ0n) is 15.0. The van der Waals surface area contributed by atoms with Crippen molar-refractivity contribution in [3.63, 3.8) is 0 Å². The number of carbonyl (C=O) groups excluding carboxylic acids is 1. The Balaban J connectivity index is 1.89. The van der Waals surface area contributed by atoms with Crippen LogP contribution >= 0.6 is 0 Å². The number of ether oxygens (including phenoxy) is 2. The molecular weight excluding hydrogens is 334 g/mol. The van der Waals surface area contributed by atoms with Gasteiger partial charge in [-0.2, -0.15) is 0 Å². The predicted molar refractivity (Wildman–Crippen MR) is 97.7 cm³/mol. The Hall–Kier alpha value is -3.02. The summed E-state index contributed by atoms with van der Waals surface area (Å²) in [6.07, 6.45) is 0.730. The zero-order chi connectivity index (χ0) is 18.9. The summed E-state index contributed by atoms with van der Waals surface area (Å²) in [5.41, 5.74) is 2.42. The molecule has 0 aliphatic carbocycles. The number of hydrogen-bond acceptors (Lipinski definition) is 4. The largest absolute Gasteiger partial charge is 0.493 e. The summed E-state index contributed by atoms with van der Waals surface area (Å²) in [4.78, 5) is 23.1. The van der Waals surface area contributed by atoms with Crippen molar-refractivity contribution in [1.29, 1.82) is 0 Å². The number of carboxylic acid groups (broad SMARTS) is 1. The SMILES string of the molecule is COc1ccc(CCNC(=O)Cc2ccccc2CC(=O)O)cc1OC. The quantitative estimate of drug-likeness (QED) is 0.719. The van der Waals surface area contributed by atoms with Gasteiger partial charge in [-0.05, 0) is 35.2 Å². The standard InChI is InChI=1S/C20H23NO5/c1-25-17-8-7-14(11-18(17)26-2)9-10-21-19(22)12-15-5-3-4-6-16(15)13-20(23)24/h3-8,11H,9-10,12-13H2,1-2H3,(H,21,22)(H,23,24). The van der Waals surface area contributed by atoms with Crippen molar-refractivity contribution in [3.8, 4) is 11.5 Å². The van der Waals surface area contributed by atoms with Crippen molar-refractivity contribution < 1.29 is 24.2 Å². The van der Waals surface area contributed by atoms with Crippen LogP contribution in [0, 0.1) is 0 Å². The van der Waals surface area contributed by atoms with Crippen LogP contribution in [-0.4, -0.2) is 37.7 Å². The highest BCUT2D eigenvalue weighted by molar-refractivity contribution is 5.79. The minimum absolute atomic E-state index is 0.0882. The van der Waals surface area contributed by atoms with E-state index < -0.39 is 5.97 Å². The first kappa shape index (κ1) is 19.3. The molecule has 0 aliphatic rings. The third kappa shape index (κ3) is 5.51. The van der Waals surface area contributed by atoms with E-state index in [1.54, 1.807) is 38.5 Å². The molecule has 2 N–H and O–H groups in total. The molecule has 6 heteroatoms. The van der Waals surface area contributed by atoms with E-state index in [1.165, 1.54) is 0 Å². The van der Waals surface area contributed by atoms with Gasteiger partial charge >= 0.3 is 5.97 Å². The summed E-state index contributed by atoms with van der Waals surface area (Å²) in [5, 5.41) is 11.8. The molecule has 2 rings (SSSR count). The van der Waals surface area contributed by atoms with Gasteiger partial charge in [0.25, 0.3) is 0 Å². The van der Waals surface area contributed by atoms with Crippen LogP contribution in [0.25, 0.3) is 0 Å². The molecule has 6 nitrogen and oxygen atoms in total. The number of aliphatic carboxylic acids is 1. The Labute approximate surface area is 152 Å². The summed E-state index contributed by atoms with van der Waals surface area (Å²) in [6, 6.07) is 12.7. The lowest BCUT2D eigenvalue weighted by molar-refractivity contribution is -0.136. The van der Waals surface area contributed by atoms with Crippen molar-refractivity contribution in [1.82, 2.24) is 5.32 Å². The summed E-state index contributed by atoms with van der Waals surface area (Å²) < 4.78 is 10.5. The van der Waals surface area contributed by atoms with Crippen molar-refractivity contribution >= 4 is 11.9 Å². The molecule has 2 aromatic rings. The number of amides is 1. The van der Waals surface area contributed by atoms with Crippen LogP contribution in [0.5, 0.6) is 11.5 Å². The second kappa shape index (κ2) is 9.46. The van der Waals surface area contributed by atoms with E-state index in [0.29, 0.717) is 30.0 Å². The van der Waals surface area contributed by atoms with E-state index in [2.05, 4.69) is 5.32 Å². The van der Waals surface area contributed by atoms with E-state index in [0.717, 1.165) is 11.1 Å². The second-order valence-electron chi connectivity index (χ2n) is 5.81. The van der Waals surface area contributed by atoms with Crippen LogP contribution in [0.2, 0.25) is 0 Å². The fourth-order valence-electron chi connectivity index (χ4n) is 2.68. The van der Waals surface area contributed by atoms with Crippen LogP contribution in [0.15, 0.2) is 42.5 Å². The highest BCUT2D eigenvalue weighted by Gasteiger charge is 2.10. The molecule has 26 heavy (non-hydrogen) atoms. The number of carbonyl (C=O) groups is 2. The van der Waals surface area contributed by atoms with Crippen LogP contribution in [0.3, 0.4) is 0 Å².